The largest absolute Gasteiger partial charge is 0.493 e. The van der Waals surface area contributed by atoms with Gasteiger partial charge in [0.2, 0.25) is 0 Å². The highest BCUT2D eigenvalue weighted by atomic mass is 35.5. The van der Waals surface area contributed by atoms with Crippen molar-refractivity contribution in [3.8, 4) is 17.2 Å². The van der Waals surface area contributed by atoms with Gasteiger partial charge in [-0.05, 0) is 81.7 Å². The topological polar surface area (TPSA) is 88.4 Å². The van der Waals surface area contributed by atoms with Crippen molar-refractivity contribution >= 4 is 46.6 Å². The van der Waals surface area contributed by atoms with Crippen molar-refractivity contribution < 1.29 is 23.7 Å². The molecule has 2 heterocycles. The van der Waals surface area contributed by atoms with Crippen LogP contribution in [0.2, 0.25) is 10.0 Å². The Bertz CT molecular complexity index is 1970. The first-order valence-electron chi connectivity index (χ1n) is 14.7. The SMILES string of the molecule is CCOC(=O)C1=C(C)N=c2s/c(=C\c3cc(Cl)c(OCc4ccc(C)cc4)c(Cl)c3)c(=O)n2[C@H]1c1ccc(OC(C)C)c(OC)c1. The summed E-state index contributed by atoms with van der Waals surface area (Å²) in [6.07, 6.45) is 1.62. The van der Waals surface area contributed by atoms with Gasteiger partial charge in [0, 0.05) is 0 Å². The molecular formula is C35H34Cl2N2O6S. The van der Waals surface area contributed by atoms with Crippen molar-refractivity contribution in [2.45, 2.75) is 53.4 Å². The van der Waals surface area contributed by atoms with Crippen LogP contribution in [0.4, 0.5) is 0 Å². The summed E-state index contributed by atoms with van der Waals surface area (Å²) in [5, 5.41) is 0.625. The van der Waals surface area contributed by atoms with E-state index < -0.39 is 12.0 Å². The third-order valence-corrected chi connectivity index (χ3v) is 8.75. The zero-order chi connectivity index (χ0) is 33.1. The summed E-state index contributed by atoms with van der Waals surface area (Å²) in [5.74, 6) is 0.826. The van der Waals surface area contributed by atoms with Crippen LogP contribution in [0.3, 0.4) is 0 Å². The smallest absolute Gasteiger partial charge is 0.338 e. The Morgan fingerprint density at radius 3 is 2.37 bits per heavy atom. The van der Waals surface area contributed by atoms with Crippen molar-refractivity contribution in [1.29, 1.82) is 0 Å². The summed E-state index contributed by atoms with van der Waals surface area (Å²) in [4.78, 5) is 32.5. The molecule has 0 radical (unpaired) electrons. The van der Waals surface area contributed by atoms with Crippen LogP contribution in [0.15, 0.2) is 75.7 Å². The van der Waals surface area contributed by atoms with Crippen LogP contribution in [0.1, 0.15) is 56.0 Å². The molecule has 0 N–H and O–H groups in total. The van der Waals surface area contributed by atoms with E-state index in [2.05, 4.69) is 4.99 Å². The lowest BCUT2D eigenvalue weighted by molar-refractivity contribution is -0.139. The molecule has 1 aliphatic heterocycles. The van der Waals surface area contributed by atoms with Gasteiger partial charge in [-0.15, -0.1) is 0 Å². The first kappa shape index (κ1) is 33.3. The van der Waals surface area contributed by atoms with Gasteiger partial charge in [-0.3, -0.25) is 9.36 Å². The second-order valence-corrected chi connectivity index (χ2v) is 12.8. The van der Waals surface area contributed by atoms with Crippen molar-refractivity contribution in [2.75, 3.05) is 13.7 Å². The lowest BCUT2D eigenvalue weighted by atomic mass is 9.95. The van der Waals surface area contributed by atoms with Crippen molar-refractivity contribution in [3.63, 3.8) is 0 Å². The molecular weight excluding hydrogens is 647 g/mol. The Morgan fingerprint density at radius 1 is 1.04 bits per heavy atom. The second-order valence-electron chi connectivity index (χ2n) is 11.0. The summed E-state index contributed by atoms with van der Waals surface area (Å²) in [5.41, 5.74) is 3.77. The lowest BCUT2D eigenvalue weighted by Gasteiger charge is -2.25. The second kappa shape index (κ2) is 14.2. The van der Waals surface area contributed by atoms with Crippen LogP contribution in [0.25, 0.3) is 6.08 Å². The van der Waals surface area contributed by atoms with Gasteiger partial charge in [-0.1, -0.05) is 70.4 Å². The zero-order valence-corrected chi connectivity index (χ0v) is 28.7. The van der Waals surface area contributed by atoms with Crippen LogP contribution < -0.4 is 29.1 Å². The minimum Gasteiger partial charge on any atom is -0.493 e. The molecule has 11 heteroatoms. The van der Waals surface area contributed by atoms with Gasteiger partial charge in [-0.25, -0.2) is 9.79 Å². The van der Waals surface area contributed by atoms with Crippen LogP contribution in [-0.2, 0) is 16.1 Å². The molecule has 1 atom stereocenters. The fraction of sp³-hybridized carbons (Fsp3) is 0.286. The normalized spacial score (nSPS) is 14.6. The summed E-state index contributed by atoms with van der Waals surface area (Å²) >= 11 is 14.4. The number of hydrogen-bond acceptors (Lipinski definition) is 8. The van der Waals surface area contributed by atoms with Gasteiger partial charge in [0.05, 0.1) is 51.7 Å². The molecule has 240 valence electrons. The number of hydrogen-bond donors (Lipinski definition) is 0. The van der Waals surface area contributed by atoms with E-state index in [0.717, 1.165) is 11.1 Å². The molecule has 1 aromatic heterocycles. The predicted molar refractivity (Wildman–Crippen MR) is 181 cm³/mol. The van der Waals surface area contributed by atoms with Crippen molar-refractivity contribution in [2.24, 2.45) is 4.99 Å². The molecule has 1 aliphatic rings. The molecule has 0 unspecified atom stereocenters. The molecule has 0 fully saturated rings. The van der Waals surface area contributed by atoms with Crippen LogP contribution in [-0.4, -0.2) is 30.4 Å². The molecule has 3 aromatic carbocycles. The number of aromatic nitrogens is 1. The number of aryl methyl sites for hydroxylation is 1. The van der Waals surface area contributed by atoms with E-state index in [0.29, 0.717) is 60.1 Å². The number of thiazole rings is 1. The van der Waals surface area contributed by atoms with Gasteiger partial charge in [0.15, 0.2) is 22.0 Å². The number of carbonyl (C=O) groups is 1. The molecule has 46 heavy (non-hydrogen) atoms. The van der Waals surface area contributed by atoms with Crippen LogP contribution in [0, 0.1) is 6.92 Å². The van der Waals surface area contributed by atoms with E-state index in [-0.39, 0.29) is 23.8 Å². The maximum Gasteiger partial charge on any atom is 0.338 e. The van der Waals surface area contributed by atoms with Crippen LogP contribution >= 0.6 is 34.5 Å². The minimum absolute atomic E-state index is 0.0783. The first-order chi connectivity index (χ1) is 22.0. The highest BCUT2D eigenvalue weighted by Gasteiger charge is 2.34. The molecule has 0 spiro atoms. The number of nitrogens with zero attached hydrogens (tertiary/aromatic N) is 2. The van der Waals surface area contributed by atoms with Crippen LogP contribution in [0.5, 0.6) is 17.2 Å². The average molecular weight is 682 g/mol. The Balaban J connectivity index is 1.57. The molecule has 0 amide bonds. The van der Waals surface area contributed by atoms with Crippen molar-refractivity contribution in [1.82, 2.24) is 4.57 Å². The number of halogens is 2. The number of carbonyl (C=O) groups excluding carboxylic acids is 1. The monoisotopic (exact) mass is 680 g/mol. The Labute approximate surface area is 281 Å². The van der Waals surface area contributed by atoms with E-state index in [1.165, 1.54) is 15.9 Å². The number of fused-ring (bicyclic) bond motifs is 1. The quantitative estimate of drug-likeness (QED) is 0.172. The Kier molecular flexibility index (Phi) is 10.3. The minimum atomic E-state index is -0.816. The zero-order valence-electron chi connectivity index (χ0n) is 26.4. The maximum absolute atomic E-state index is 14.1. The highest BCUT2D eigenvalue weighted by Crippen LogP contribution is 2.37. The number of ether oxygens (including phenoxy) is 4. The summed E-state index contributed by atoms with van der Waals surface area (Å²) in [7, 11) is 1.54. The third kappa shape index (κ3) is 7.02. The van der Waals surface area contributed by atoms with E-state index in [9.17, 15) is 9.59 Å². The fourth-order valence-electron chi connectivity index (χ4n) is 5.10. The predicted octanol–water partition coefficient (Wildman–Crippen LogP) is 6.79. The third-order valence-electron chi connectivity index (χ3n) is 7.21. The Hall–Kier alpha value is -4.05. The molecule has 0 aliphatic carbocycles. The lowest BCUT2D eigenvalue weighted by Crippen LogP contribution is -2.40. The molecule has 0 bridgehead atoms. The number of benzene rings is 3. The van der Waals surface area contributed by atoms with Gasteiger partial charge in [-0.2, -0.15) is 0 Å². The number of methoxy groups -OCH3 is 1. The van der Waals surface area contributed by atoms with E-state index in [4.69, 9.17) is 42.1 Å². The summed E-state index contributed by atoms with van der Waals surface area (Å²) in [6.45, 7) is 9.79. The highest BCUT2D eigenvalue weighted by molar-refractivity contribution is 7.07. The van der Waals surface area contributed by atoms with Gasteiger partial charge in [0.1, 0.15) is 6.61 Å². The summed E-state index contributed by atoms with van der Waals surface area (Å²) < 4.78 is 24.8. The van der Waals surface area contributed by atoms with E-state index in [1.54, 1.807) is 51.3 Å². The molecule has 5 rings (SSSR count). The molecule has 4 aromatic rings. The standard InChI is InChI=1S/C35H34Cl2N2O6S/c1-7-43-34(41)30-21(5)38-35-39(31(30)24-12-13-27(45-19(2)3)28(17-24)42-6)33(40)29(46-35)16-23-14-25(36)32(26(37)15-23)44-18-22-10-8-20(4)9-11-22/h8-17,19,31H,7,18H2,1-6H3/b29-16-/t31-/m0/s1. The fourth-order valence-corrected chi connectivity index (χ4v) is 6.76. The number of rotatable bonds is 10. The summed E-state index contributed by atoms with van der Waals surface area (Å²) in [6, 6.07) is 15.9. The van der Waals surface area contributed by atoms with Gasteiger partial charge >= 0.3 is 5.97 Å². The van der Waals surface area contributed by atoms with E-state index >= 15 is 0 Å². The average Bonchev–Trinajstić information content (AvgIpc) is 3.30. The Morgan fingerprint density at radius 2 is 1.74 bits per heavy atom. The number of esters is 1. The maximum atomic E-state index is 14.1. The van der Waals surface area contributed by atoms with Crippen molar-refractivity contribution in [3.05, 3.63) is 118 Å². The van der Waals surface area contributed by atoms with E-state index in [1.807, 2.05) is 51.1 Å². The number of allylic oxidation sites excluding steroid dienone is 1. The first-order valence-corrected chi connectivity index (χ1v) is 16.3. The molecule has 0 saturated carbocycles. The van der Waals surface area contributed by atoms with Gasteiger partial charge in [0.25, 0.3) is 5.56 Å². The van der Waals surface area contributed by atoms with Gasteiger partial charge < -0.3 is 18.9 Å². The molecule has 0 saturated heterocycles. The molecule has 8 nitrogen and oxygen atoms in total.